The molecule has 1 saturated heterocycles. The Balaban J connectivity index is 1.58. The first-order chi connectivity index (χ1) is 16.4. The predicted octanol–water partition coefficient (Wildman–Crippen LogP) is 5.14. The predicted molar refractivity (Wildman–Crippen MR) is 135 cm³/mol. The first-order valence-electron chi connectivity index (χ1n) is 10.6. The number of benzene rings is 3. The molecule has 3 aromatic carbocycles. The summed E-state index contributed by atoms with van der Waals surface area (Å²) < 4.78 is 5.68. The highest BCUT2D eigenvalue weighted by Gasteiger charge is 2.36. The van der Waals surface area contributed by atoms with E-state index in [2.05, 4.69) is 11.2 Å². The standard InChI is InChI=1S/C27H22N2O4S/c1-4-13-33-23-12-10-19-7-5-6-8-21(19)22(23)15-24-26(31)29(27(32)34-24)16-25(30)28-20-11-9-17(2)18(3)14-20/h1,5-12,14-15H,13,16H2,2-3H3,(H,28,30)/b24-15-. The number of imide groups is 1. The molecule has 1 aliphatic rings. The highest BCUT2D eigenvalue weighted by Crippen LogP contribution is 2.36. The van der Waals surface area contributed by atoms with E-state index in [0.29, 0.717) is 17.0 Å². The van der Waals surface area contributed by atoms with Crippen LogP contribution in [0.3, 0.4) is 0 Å². The smallest absolute Gasteiger partial charge is 0.294 e. The van der Waals surface area contributed by atoms with Gasteiger partial charge >= 0.3 is 0 Å². The molecule has 0 aliphatic carbocycles. The zero-order chi connectivity index (χ0) is 24.2. The van der Waals surface area contributed by atoms with Crippen molar-refractivity contribution in [1.82, 2.24) is 4.90 Å². The summed E-state index contributed by atoms with van der Waals surface area (Å²) >= 11 is 0.793. The van der Waals surface area contributed by atoms with Crippen molar-refractivity contribution in [2.24, 2.45) is 0 Å². The minimum atomic E-state index is -0.527. The summed E-state index contributed by atoms with van der Waals surface area (Å²) in [4.78, 5) is 39.3. The van der Waals surface area contributed by atoms with Crippen molar-refractivity contribution in [2.45, 2.75) is 13.8 Å². The van der Waals surface area contributed by atoms with E-state index in [4.69, 9.17) is 11.2 Å². The van der Waals surface area contributed by atoms with E-state index in [1.165, 1.54) is 0 Å². The molecular weight excluding hydrogens is 448 g/mol. The van der Waals surface area contributed by atoms with Crippen molar-refractivity contribution in [2.75, 3.05) is 18.5 Å². The normalized spacial score (nSPS) is 14.5. The van der Waals surface area contributed by atoms with Gasteiger partial charge < -0.3 is 10.1 Å². The third-order valence-corrected chi connectivity index (χ3v) is 6.39. The molecule has 0 radical (unpaired) electrons. The highest BCUT2D eigenvalue weighted by atomic mass is 32.2. The van der Waals surface area contributed by atoms with Crippen LogP contribution in [0.15, 0.2) is 59.5 Å². The van der Waals surface area contributed by atoms with Crippen LogP contribution in [0.5, 0.6) is 5.75 Å². The molecule has 0 saturated carbocycles. The van der Waals surface area contributed by atoms with Gasteiger partial charge in [-0.2, -0.15) is 0 Å². The average molecular weight is 471 g/mol. The quantitative estimate of drug-likeness (QED) is 0.399. The molecule has 0 atom stereocenters. The summed E-state index contributed by atoms with van der Waals surface area (Å²) in [5, 5.41) is 4.05. The topological polar surface area (TPSA) is 75.7 Å². The van der Waals surface area contributed by atoms with Crippen LogP contribution < -0.4 is 10.1 Å². The highest BCUT2D eigenvalue weighted by molar-refractivity contribution is 8.18. The number of anilines is 1. The van der Waals surface area contributed by atoms with Crippen molar-refractivity contribution in [1.29, 1.82) is 0 Å². The van der Waals surface area contributed by atoms with Crippen molar-refractivity contribution in [3.63, 3.8) is 0 Å². The van der Waals surface area contributed by atoms with Crippen LogP contribution in [0.2, 0.25) is 0 Å². The summed E-state index contributed by atoms with van der Waals surface area (Å²) in [7, 11) is 0. The minimum Gasteiger partial charge on any atom is -0.480 e. The summed E-state index contributed by atoms with van der Waals surface area (Å²) in [5.74, 6) is 1.97. The van der Waals surface area contributed by atoms with Gasteiger partial charge in [0.1, 0.15) is 18.9 Å². The van der Waals surface area contributed by atoms with E-state index >= 15 is 0 Å². The number of carbonyl (C=O) groups is 3. The Hall–Kier alpha value is -4.02. The molecule has 34 heavy (non-hydrogen) atoms. The molecule has 1 heterocycles. The molecule has 0 aromatic heterocycles. The number of carbonyl (C=O) groups excluding carboxylic acids is 3. The molecule has 3 amide bonds. The first-order valence-corrected chi connectivity index (χ1v) is 11.4. The number of fused-ring (bicyclic) bond motifs is 1. The molecule has 1 N–H and O–H groups in total. The number of aryl methyl sites for hydroxylation is 2. The number of hydrogen-bond donors (Lipinski definition) is 1. The Morgan fingerprint density at radius 1 is 1.12 bits per heavy atom. The largest absolute Gasteiger partial charge is 0.480 e. The van der Waals surface area contributed by atoms with Crippen molar-refractivity contribution >= 4 is 51.4 Å². The van der Waals surface area contributed by atoms with Gasteiger partial charge in [0, 0.05) is 11.3 Å². The second kappa shape index (κ2) is 9.86. The molecule has 3 aromatic rings. The van der Waals surface area contributed by atoms with Gasteiger partial charge in [-0.15, -0.1) is 6.42 Å². The lowest BCUT2D eigenvalue weighted by Crippen LogP contribution is -2.36. The average Bonchev–Trinajstić information content (AvgIpc) is 3.08. The van der Waals surface area contributed by atoms with E-state index in [0.717, 1.165) is 38.6 Å². The summed E-state index contributed by atoms with van der Waals surface area (Å²) in [6.07, 6.45) is 6.97. The van der Waals surface area contributed by atoms with Crippen molar-refractivity contribution in [3.05, 3.63) is 76.2 Å². The number of amides is 3. The van der Waals surface area contributed by atoms with E-state index in [-0.39, 0.29) is 18.1 Å². The second-order valence-corrected chi connectivity index (χ2v) is 8.80. The van der Waals surface area contributed by atoms with E-state index in [1.54, 1.807) is 18.2 Å². The molecule has 0 bridgehead atoms. The van der Waals surface area contributed by atoms with Crippen LogP contribution in [0.1, 0.15) is 16.7 Å². The molecule has 4 rings (SSSR count). The summed E-state index contributed by atoms with van der Waals surface area (Å²) in [5.41, 5.74) is 3.40. The van der Waals surface area contributed by atoms with Gasteiger partial charge in [0.25, 0.3) is 11.1 Å². The van der Waals surface area contributed by atoms with Gasteiger partial charge in [-0.1, -0.05) is 42.3 Å². The Bertz CT molecular complexity index is 1390. The van der Waals surface area contributed by atoms with E-state index < -0.39 is 17.1 Å². The number of rotatable bonds is 6. The van der Waals surface area contributed by atoms with Crippen LogP contribution in [0.25, 0.3) is 16.8 Å². The van der Waals surface area contributed by atoms with Crippen LogP contribution >= 0.6 is 11.8 Å². The molecule has 1 aliphatic heterocycles. The Morgan fingerprint density at radius 3 is 2.68 bits per heavy atom. The maximum Gasteiger partial charge on any atom is 0.294 e. The number of nitrogens with zero attached hydrogens (tertiary/aromatic N) is 1. The van der Waals surface area contributed by atoms with Gasteiger partial charge in [-0.05, 0) is 71.8 Å². The number of terminal acetylenes is 1. The van der Waals surface area contributed by atoms with Crippen molar-refractivity contribution < 1.29 is 19.1 Å². The van der Waals surface area contributed by atoms with Crippen LogP contribution in [0.4, 0.5) is 10.5 Å². The lowest BCUT2D eigenvalue weighted by Gasteiger charge is -2.13. The number of ether oxygens (including phenoxy) is 1. The molecular formula is C27H22N2O4S. The third-order valence-electron chi connectivity index (χ3n) is 5.48. The lowest BCUT2D eigenvalue weighted by atomic mass is 10.0. The summed E-state index contributed by atoms with van der Waals surface area (Å²) in [6.45, 7) is 3.62. The maximum absolute atomic E-state index is 13.0. The molecule has 0 spiro atoms. The molecule has 6 nitrogen and oxygen atoms in total. The van der Waals surface area contributed by atoms with E-state index in [1.807, 2.05) is 56.3 Å². The number of hydrogen-bond acceptors (Lipinski definition) is 5. The van der Waals surface area contributed by atoms with Crippen molar-refractivity contribution in [3.8, 4) is 18.1 Å². The fourth-order valence-electron chi connectivity index (χ4n) is 3.60. The zero-order valence-electron chi connectivity index (χ0n) is 18.8. The number of thioether (sulfide) groups is 1. The Kier molecular flexibility index (Phi) is 6.71. The second-order valence-electron chi connectivity index (χ2n) is 7.81. The van der Waals surface area contributed by atoms with Gasteiger partial charge in [0.15, 0.2) is 0 Å². The Labute approximate surface area is 202 Å². The summed E-state index contributed by atoms with van der Waals surface area (Å²) in [6, 6.07) is 16.9. The molecule has 0 unspecified atom stereocenters. The fraction of sp³-hybridized carbons (Fsp3) is 0.148. The van der Waals surface area contributed by atoms with Crippen LogP contribution in [0, 0.1) is 26.2 Å². The number of nitrogens with one attached hydrogen (secondary N) is 1. The van der Waals surface area contributed by atoms with E-state index in [9.17, 15) is 14.4 Å². The minimum absolute atomic E-state index is 0.0688. The first kappa shape index (κ1) is 23.1. The fourth-order valence-corrected chi connectivity index (χ4v) is 4.42. The molecule has 7 heteroatoms. The molecule has 170 valence electrons. The van der Waals surface area contributed by atoms with Gasteiger partial charge in [-0.25, -0.2) is 0 Å². The monoisotopic (exact) mass is 470 g/mol. The van der Waals surface area contributed by atoms with Gasteiger partial charge in [0.05, 0.1) is 4.91 Å². The van der Waals surface area contributed by atoms with Crippen LogP contribution in [-0.2, 0) is 9.59 Å². The zero-order valence-corrected chi connectivity index (χ0v) is 19.6. The maximum atomic E-state index is 13.0. The molecule has 1 fully saturated rings. The lowest BCUT2D eigenvalue weighted by molar-refractivity contribution is -0.127. The van der Waals surface area contributed by atoms with Gasteiger partial charge in [-0.3, -0.25) is 19.3 Å². The SMILES string of the molecule is C#CCOc1ccc2ccccc2c1/C=C1\SC(=O)N(CC(=O)Nc2ccc(C)c(C)c2)C1=O. The van der Waals surface area contributed by atoms with Gasteiger partial charge in [0.2, 0.25) is 5.91 Å². The van der Waals surface area contributed by atoms with Crippen LogP contribution in [-0.4, -0.2) is 35.1 Å². The Morgan fingerprint density at radius 2 is 1.91 bits per heavy atom. The third kappa shape index (κ3) is 4.82.